The summed E-state index contributed by atoms with van der Waals surface area (Å²) in [4.78, 5) is 33.7. The molecule has 2 aliphatic rings. The van der Waals surface area contributed by atoms with Crippen molar-refractivity contribution >= 4 is 20.2 Å². The molecule has 3 aromatic carbocycles. The average Bonchev–Trinajstić information content (AvgIpc) is 3.27. The molecule has 0 aliphatic carbocycles. The van der Waals surface area contributed by atoms with Gasteiger partial charge >= 0.3 is 5.97 Å². The molecule has 0 N–H and O–H groups in total. The standard InChI is InChI=1S/C49H72N2O10Si/c1-11-12-18-39(37-33-44(56-7)46(45(34-37)57-8)61-62(9,10)49(2,3)4)47(52)51-24-14-13-19-40(51)48(53)60-41(22-20-35-21-23-42(54-5)43(31-35)55-6)36-16-15-17-38(32-36)59-30-27-50-25-28-58-29-26-50/h15-17,21,23,31-34,39-41H,11-14,18-20,22,24-30H2,1-10H3/t39?,40?,41-/m1/s1. The van der Waals surface area contributed by atoms with Crippen LogP contribution in [0, 0.1) is 0 Å². The molecule has 5 rings (SSSR count). The number of hydrogen-bond acceptors (Lipinski definition) is 11. The first kappa shape index (κ1) is 48.6. The van der Waals surface area contributed by atoms with Crippen molar-refractivity contribution < 1.29 is 47.2 Å². The van der Waals surface area contributed by atoms with Crippen LogP contribution >= 0.6 is 0 Å². The Morgan fingerprint density at radius 2 is 1.52 bits per heavy atom. The molecule has 0 spiro atoms. The molecule has 2 unspecified atom stereocenters. The smallest absolute Gasteiger partial charge is 0.329 e. The molecule has 0 bridgehead atoms. The Morgan fingerprint density at radius 1 is 0.823 bits per heavy atom. The average molecular weight is 877 g/mol. The number of rotatable bonds is 21. The molecule has 2 saturated heterocycles. The highest BCUT2D eigenvalue weighted by Crippen LogP contribution is 2.47. The number of morpholine rings is 1. The van der Waals surface area contributed by atoms with Crippen molar-refractivity contribution in [1.29, 1.82) is 0 Å². The minimum Gasteiger partial charge on any atom is -0.539 e. The van der Waals surface area contributed by atoms with E-state index in [2.05, 4.69) is 45.7 Å². The third-order valence-electron chi connectivity index (χ3n) is 12.7. The molecule has 0 saturated carbocycles. The van der Waals surface area contributed by atoms with Crippen molar-refractivity contribution in [2.45, 2.75) is 115 Å². The Bertz CT molecular complexity index is 1880. The van der Waals surface area contributed by atoms with Crippen LogP contribution in [0.1, 0.15) is 101 Å². The fraction of sp³-hybridized carbons (Fsp3) is 0.592. The van der Waals surface area contributed by atoms with Crippen molar-refractivity contribution in [2.24, 2.45) is 0 Å². The zero-order valence-corrected chi connectivity index (χ0v) is 40.0. The molecule has 0 radical (unpaired) electrons. The van der Waals surface area contributed by atoms with Gasteiger partial charge in [-0.15, -0.1) is 0 Å². The highest BCUT2D eigenvalue weighted by atomic mass is 28.4. The number of unbranched alkanes of at least 4 members (excludes halogenated alkanes) is 1. The van der Waals surface area contributed by atoms with Crippen LogP contribution in [0.2, 0.25) is 18.1 Å². The molecule has 0 aromatic heterocycles. The fourth-order valence-electron chi connectivity index (χ4n) is 7.86. The minimum atomic E-state index is -2.27. The summed E-state index contributed by atoms with van der Waals surface area (Å²) in [5.74, 6) is 2.57. The van der Waals surface area contributed by atoms with Crippen LogP contribution in [0.25, 0.3) is 0 Å². The molecule has 12 nitrogen and oxygen atoms in total. The number of aryl methyl sites for hydroxylation is 1. The molecular formula is C49H72N2O10Si. The molecular weight excluding hydrogens is 805 g/mol. The fourth-order valence-corrected chi connectivity index (χ4v) is 8.88. The maximum Gasteiger partial charge on any atom is 0.329 e. The topological polar surface area (TPSA) is 114 Å². The van der Waals surface area contributed by atoms with Crippen LogP contribution < -0.4 is 28.1 Å². The summed E-state index contributed by atoms with van der Waals surface area (Å²) in [5, 5.41) is -0.0544. The van der Waals surface area contributed by atoms with Gasteiger partial charge in [0.25, 0.3) is 8.32 Å². The van der Waals surface area contributed by atoms with Gasteiger partial charge in [0.15, 0.2) is 28.7 Å². The van der Waals surface area contributed by atoms with Crippen LogP contribution in [0.4, 0.5) is 0 Å². The van der Waals surface area contributed by atoms with E-state index in [0.717, 1.165) is 75.2 Å². The van der Waals surface area contributed by atoms with Gasteiger partial charge < -0.3 is 42.5 Å². The molecule has 2 heterocycles. The second kappa shape index (κ2) is 22.8. The summed E-state index contributed by atoms with van der Waals surface area (Å²) in [7, 11) is 4.19. The van der Waals surface area contributed by atoms with Gasteiger partial charge in [-0.1, -0.05) is 58.7 Å². The van der Waals surface area contributed by atoms with Crippen LogP contribution in [-0.4, -0.2) is 110 Å². The number of esters is 1. The van der Waals surface area contributed by atoms with Gasteiger partial charge in [-0.25, -0.2) is 4.79 Å². The van der Waals surface area contributed by atoms with Crippen LogP contribution in [0.3, 0.4) is 0 Å². The number of benzene rings is 3. The third-order valence-corrected chi connectivity index (χ3v) is 17.0. The zero-order chi connectivity index (χ0) is 44.9. The van der Waals surface area contributed by atoms with Gasteiger partial charge in [-0.3, -0.25) is 9.69 Å². The van der Waals surface area contributed by atoms with E-state index in [0.29, 0.717) is 73.3 Å². The van der Waals surface area contributed by atoms with E-state index in [4.69, 9.17) is 37.6 Å². The van der Waals surface area contributed by atoms with Gasteiger partial charge in [0, 0.05) is 26.2 Å². The summed E-state index contributed by atoms with van der Waals surface area (Å²) in [5.41, 5.74) is 2.62. The minimum absolute atomic E-state index is 0.0544. The Morgan fingerprint density at radius 3 is 2.16 bits per heavy atom. The normalized spacial score (nSPS) is 17.1. The predicted molar refractivity (Wildman–Crippen MR) is 245 cm³/mol. The SMILES string of the molecule is CCCCC(C(=O)N1CCCCC1C(=O)O[C@H](CCc1ccc(OC)c(OC)c1)c1cccc(OCCN2CCOCC2)c1)c1cc(OC)c(O[Si](C)(C)C(C)(C)C)c(OC)c1. The Balaban J connectivity index is 1.42. The van der Waals surface area contributed by atoms with Crippen LogP contribution in [-0.2, 0) is 25.5 Å². The van der Waals surface area contributed by atoms with Gasteiger partial charge in [-0.2, -0.15) is 0 Å². The number of methoxy groups -OCH3 is 4. The molecule has 13 heteroatoms. The van der Waals surface area contributed by atoms with E-state index in [9.17, 15) is 9.59 Å². The summed E-state index contributed by atoms with van der Waals surface area (Å²) < 4.78 is 48.0. The summed E-state index contributed by atoms with van der Waals surface area (Å²) >= 11 is 0. The van der Waals surface area contributed by atoms with Crippen molar-refractivity contribution in [3.8, 4) is 34.5 Å². The van der Waals surface area contributed by atoms with Gasteiger partial charge in [0.1, 0.15) is 24.5 Å². The first-order valence-electron chi connectivity index (χ1n) is 22.4. The monoisotopic (exact) mass is 876 g/mol. The molecule has 3 aromatic rings. The Kier molecular flexibility index (Phi) is 17.8. The van der Waals surface area contributed by atoms with Crippen LogP contribution in [0.5, 0.6) is 34.5 Å². The maximum atomic E-state index is 15.0. The lowest BCUT2D eigenvalue weighted by molar-refractivity contribution is -0.162. The van der Waals surface area contributed by atoms with E-state index < -0.39 is 32.4 Å². The number of carbonyl (C=O) groups excluding carboxylic acids is 2. The van der Waals surface area contributed by atoms with Crippen molar-refractivity contribution in [1.82, 2.24) is 9.80 Å². The maximum absolute atomic E-state index is 15.0. The van der Waals surface area contributed by atoms with E-state index in [-0.39, 0.29) is 10.9 Å². The number of hydrogen-bond donors (Lipinski definition) is 0. The number of ether oxygens (including phenoxy) is 7. The number of piperidine rings is 1. The van der Waals surface area contributed by atoms with E-state index in [1.807, 2.05) is 54.6 Å². The van der Waals surface area contributed by atoms with E-state index >= 15 is 0 Å². The highest BCUT2D eigenvalue weighted by molar-refractivity contribution is 6.74. The Hall–Kier alpha value is -4.46. The second-order valence-corrected chi connectivity index (χ2v) is 22.6. The number of carbonyl (C=O) groups is 2. The molecule has 342 valence electrons. The van der Waals surface area contributed by atoms with Gasteiger partial charge in [-0.05, 0) is 110 Å². The van der Waals surface area contributed by atoms with Crippen molar-refractivity contribution in [3.63, 3.8) is 0 Å². The first-order valence-corrected chi connectivity index (χ1v) is 25.3. The third kappa shape index (κ3) is 12.6. The lowest BCUT2D eigenvalue weighted by Gasteiger charge is -2.38. The Labute approximate surface area is 371 Å². The van der Waals surface area contributed by atoms with Crippen LogP contribution in [0.15, 0.2) is 54.6 Å². The summed E-state index contributed by atoms with van der Waals surface area (Å²) in [6.45, 7) is 18.1. The summed E-state index contributed by atoms with van der Waals surface area (Å²) in [6, 6.07) is 16.8. The van der Waals surface area contributed by atoms with Crippen molar-refractivity contribution in [3.05, 3.63) is 71.3 Å². The number of nitrogens with zero attached hydrogens (tertiary/aromatic N) is 2. The molecule has 62 heavy (non-hydrogen) atoms. The van der Waals surface area contributed by atoms with Gasteiger partial charge in [0.2, 0.25) is 5.91 Å². The molecule has 2 aliphatic heterocycles. The molecule has 1 amide bonds. The molecule has 2 fully saturated rings. The highest BCUT2D eigenvalue weighted by Gasteiger charge is 2.42. The lowest BCUT2D eigenvalue weighted by Crippen LogP contribution is -2.50. The zero-order valence-electron chi connectivity index (χ0n) is 39.0. The second-order valence-electron chi connectivity index (χ2n) is 17.9. The van der Waals surface area contributed by atoms with E-state index in [1.54, 1.807) is 33.3 Å². The lowest BCUT2D eigenvalue weighted by atomic mass is 9.89. The number of amides is 1. The quantitative estimate of drug-likeness (QED) is 0.0754. The first-order chi connectivity index (χ1) is 29.7. The van der Waals surface area contributed by atoms with Gasteiger partial charge in [0.05, 0.1) is 47.6 Å². The largest absolute Gasteiger partial charge is 0.539 e. The summed E-state index contributed by atoms with van der Waals surface area (Å²) in [6.07, 6.45) is 4.98. The predicted octanol–water partition coefficient (Wildman–Crippen LogP) is 9.39. The van der Waals surface area contributed by atoms with Crippen molar-refractivity contribution in [2.75, 3.05) is 74.4 Å². The van der Waals surface area contributed by atoms with E-state index in [1.165, 1.54) is 0 Å². The molecule has 3 atom stereocenters. The number of likely N-dealkylation sites (tertiary alicyclic amines) is 1.